The second-order valence-electron chi connectivity index (χ2n) is 7.30. The third kappa shape index (κ3) is 5.49. The molecular formula is C12H24N3O7PS3. The minimum atomic E-state index is -3.58. The van der Waals surface area contributed by atoms with Crippen LogP contribution in [0.3, 0.4) is 0 Å². The summed E-state index contributed by atoms with van der Waals surface area (Å²) in [4.78, 5) is 0. The van der Waals surface area contributed by atoms with Gasteiger partial charge in [0.25, 0.3) is 7.59 Å². The van der Waals surface area contributed by atoms with E-state index >= 15 is 0 Å². The van der Waals surface area contributed by atoms with Crippen LogP contribution < -0.4 is 15.3 Å². The second-order valence-corrected chi connectivity index (χ2v) is 16.0. The Morgan fingerprint density at radius 3 is 1.04 bits per heavy atom. The molecule has 0 saturated carbocycles. The maximum absolute atomic E-state index is 13.4. The largest absolute Gasteiger partial charge is 0.279 e. The molecule has 0 unspecified atom stereocenters. The average Bonchev–Trinajstić information content (AvgIpc) is 3.07. The van der Waals surface area contributed by atoms with Gasteiger partial charge in [0.15, 0.2) is 29.5 Å². The minimum Gasteiger partial charge on any atom is -0.271 e. The highest BCUT2D eigenvalue weighted by Gasteiger charge is 2.40. The summed E-state index contributed by atoms with van der Waals surface area (Å²) in [5, 5.41) is 8.46. The lowest BCUT2D eigenvalue weighted by Gasteiger charge is -2.29. The molecule has 3 aliphatic heterocycles. The van der Waals surface area contributed by atoms with E-state index in [1.807, 2.05) is 0 Å². The van der Waals surface area contributed by atoms with E-state index in [0.717, 1.165) is 0 Å². The van der Waals surface area contributed by atoms with E-state index in [4.69, 9.17) is 0 Å². The fraction of sp³-hybridized carbons (Fsp3) is 1.00. The molecule has 0 aromatic heterocycles. The van der Waals surface area contributed by atoms with Gasteiger partial charge in [0, 0.05) is 18.1 Å². The first-order valence-corrected chi connectivity index (χ1v) is 15.6. The standard InChI is InChI=1S/C12H24N3O7PS3/c16-23(13-10-1-4-24(17,18)7-10,14-11-2-5-25(19,20)8-11)15-12-3-6-26(21,22)9-12/h10-12H,1-9H2,(H3,13,14,15,16)/t10-,11-,12+/m1/s1. The number of rotatable bonds is 6. The van der Waals surface area contributed by atoms with Crippen molar-refractivity contribution in [3.8, 4) is 0 Å². The van der Waals surface area contributed by atoms with Gasteiger partial charge in [-0.2, -0.15) is 0 Å². The lowest BCUT2D eigenvalue weighted by atomic mass is 10.3. The highest BCUT2D eigenvalue weighted by atomic mass is 32.2. The maximum Gasteiger partial charge on any atom is 0.279 e. The van der Waals surface area contributed by atoms with Gasteiger partial charge < -0.3 is 0 Å². The SMILES string of the molecule is O=P(N[C@@H]1CCS(=O)(=O)C1)(N[C@@H]1CCS(=O)(=O)C1)N[C@H]1CCS(=O)(=O)C1. The average molecular weight is 450 g/mol. The molecule has 3 aliphatic rings. The van der Waals surface area contributed by atoms with E-state index in [1.165, 1.54) is 0 Å². The van der Waals surface area contributed by atoms with Crippen molar-refractivity contribution < 1.29 is 29.8 Å². The summed E-state index contributed by atoms with van der Waals surface area (Å²) in [6.45, 7) is 0. The molecule has 26 heavy (non-hydrogen) atoms. The van der Waals surface area contributed by atoms with Crippen molar-refractivity contribution in [2.75, 3.05) is 34.5 Å². The molecule has 3 N–H and O–H groups in total. The summed E-state index contributed by atoms with van der Waals surface area (Å²) in [7, 11) is -13.2. The van der Waals surface area contributed by atoms with Crippen molar-refractivity contribution in [2.45, 2.75) is 37.4 Å². The molecule has 3 saturated heterocycles. The minimum absolute atomic E-state index is 0.000280. The molecule has 0 amide bonds. The molecule has 0 radical (unpaired) electrons. The molecule has 152 valence electrons. The number of nitrogens with one attached hydrogen (secondary N) is 3. The van der Waals surface area contributed by atoms with Crippen LogP contribution in [0.1, 0.15) is 19.3 Å². The first kappa shape index (κ1) is 20.7. The molecule has 3 atom stereocenters. The van der Waals surface area contributed by atoms with Crippen LogP contribution in [0.5, 0.6) is 0 Å². The van der Waals surface area contributed by atoms with Crippen molar-refractivity contribution >= 4 is 37.1 Å². The van der Waals surface area contributed by atoms with Crippen molar-refractivity contribution in [2.24, 2.45) is 0 Å². The fourth-order valence-corrected chi connectivity index (χ4v) is 11.4. The second kappa shape index (κ2) is 7.09. The molecule has 0 bridgehead atoms. The van der Waals surface area contributed by atoms with E-state index in [0.29, 0.717) is 19.3 Å². The van der Waals surface area contributed by atoms with E-state index in [2.05, 4.69) is 15.3 Å². The predicted molar refractivity (Wildman–Crippen MR) is 98.2 cm³/mol. The molecule has 0 spiro atoms. The predicted octanol–water partition coefficient (Wildman–Crippen LogP) is -1.58. The van der Waals surface area contributed by atoms with Gasteiger partial charge in [0.1, 0.15) is 0 Å². The third-order valence-corrected chi connectivity index (χ3v) is 12.3. The van der Waals surface area contributed by atoms with Crippen LogP contribution in [-0.4, -0.2) is 77.9 Å². The molecule has 0 aromatic carbocycles. The lowest BCUT2D eigenvalue weighted by molar-refractivity contribution is 0.500. The fourth-order valence-electron chi connectivity index (χ4n) is 3.57. The molecule has 0 aliphatic carbocycles. The van der Waals surface area contributed by atoms with E-state index in [1.54, 1.807) is 0 Å². The van der Waals surface area contributed by atoms with Crippen LogP contribution in [0.15, 0.2) is 0 Å². The summed E-state index contributed by atoms with van der Waals surface area (Å²) < 4.78 is 83.3. The van der Waals surface area contributed by atoms with Crippen LogP contribution in [0.25, 0.3) is 0 Å². The Hall–Kier alpha value is -0.0400. The molecule has 3 rings (SSSR count). The van der Waals surface area contributed by atoms with Crippen LogP contribution in [0.2, 0.25) is 0 Å². The first-order chi connectivity index (χ1) is 11.9. The van der Waals surface area contributed by atoms with E-state index in [-0.39, 0.29) is 34.5 Å². The molecule has 3 fully saturated rings. The number of sulfone groups is 3. The monoisotopic (exact) mass is 449 g/mol. The quantitative estimate of drug-likeness (QED) is 0.405. The Bertz CT molecular complexity index is 797. The molecule has 14 heteroatoms. The van der Waals surface area contributed by atoms with Crippen LogP contribution >= 0.6 is 7.59 Å². The first-order valence-electron chi connectivity index (χ1n) is 8.40. The lowest BCUT2D eigenvalue weighted by Crippen LogP contribution is -2.45. The van der Waals surface area contributed by atoms with Crippen molar-refractivity contribution in [3.05, 3.63) is 0 Å². The van der Waals surface area contributed by atoms with Gasteiger partial charge in [-0.15, -0.1) is 0 Å². The Labute approximate surface area is 154 Å². The molecule has 0 aromatic rings. The Balaban J connectivity index is 1.73. The third-order valence-electron chi connectivity index (χ3n) is 4.79. The Kier molecular flexibility index (Phi) is 5.64. The van der Waals surface area contributed by atoms with Gasteiger partial charge in [-0.3, -0.25) is 4.57 Å². The van der Waals surface area contributed by atoms with Crippen molar-refractivity contribution in [3.63, 3.8) is 0 Å². The molecule has 3 heterocycles. The van der Waals surface area contributed by atoms with Gasteiger partial charge in [0.2, 0.25) is 0 Å². The van der Waals surface area contributed by atoms with Crippen LogP contribution in [0, 0.1) is 0 Å². The summed E-state index contributed by atoms with van der Waals surface area (Å²) in [5.74, 6) is -0.439. The van der Waals surface area contributed by atoms with Crippen molar-refractivity contribution in [1.29, 1.82) is 0 Å². The van der Waals surface area contributed by atoms with Gasteiger partial charge in [-0.1, -0.05) is 0 Å². The zero-order valence-electron chi connectivity index (χ0n) is 14.1. The highest BCUT2D eigenvalue weighted by molar-refractivity contribution is 7.92. The highest BCUT2D eigenvalue weighted by Crippen LogP contribution is 2.37. The summed E-state index contributed by atoms with van der Waals surface area (Å²) >= 11 is 0. The summed E-state index contributed by atoms with van der Waals surface area (Å²) in [6, 6.07) is -1.58. The van der Waals surface area contributed by atoms with E-state index < -0.39 is 55.2 Å². The Morgan fingerprint density at radius 1 is 0.577 bits per heavy atom. The normalized spacial score (nSPS) is 35.6. The zero-order valence-corrected chi connectivity index (χ0v) is 17.5. The van der Waals surface area contributed by atoms with Crippen LogP contribution in [-0.2, 0) is 34.1 Å². The zero-order chi connectivity index (χ0) is 19.2. The van der Waals surface area contributed by atoms with Crippen LogP contribution in [0.4, 0.5) is 0 Å². The maximum atomic E-state index is 13.4. The van der Waals surface area contributed by atoms with Crippen molar-refractivity contribution in [1.82, 2.24) is 15.3 Å². The number of hydrogen-bond acceptors (Lipinski definition) is 7. The van der Waals surface area contributed by atoms with Gasteiger partial charge in [-0.05, 0) is 19.3 Å². The van der Waals surface area contributed by atoms with Gasteiger partial charge >= 0.3 is 0 Å². The summed E-state index contributed by atoms with van der Waals surface area (Å²) in [5.41, 5.74) is 0. The van der Waals surface area contributed by atoms with Gasteiger partial charge in [0.05, 0.1) is 34.5 Å². The molecular weight excluding hydrogens is 425 g/mol. The van der Waals surface area contributed by atoms with E-state index in [9.17, 15) is 29.8 Å². The van der Waals surface area contributed by atoms with Gasteiger partial charge in [-0.25, -0.2) is 40.5 Å². The Morgan fingerprint density at radius 2 is 0.846 bits per heavy atom. The smallest absolute Gasteiger partial charge is 0.271 e. The molecule has 10 nitrogen and oxygen atoms in total. The summed E-state index contributed by atoms with van der Waals surface area (Å²) in [6.07, 6.45) is 0.921. The number of hydrogen-bond donors (Lipinski definition) is 3. The topological polar surface area (TPSA) is 156 Å².